The van der Waals surface area contributed by atoms with Gasteiger partial charge in [-0.05, 0) is 12.3 Å². The van der Waals surface area contributed by atoms with Crippen LogP contribution >= 0.6 is 0 Å². The number of unbranched alkanes of at least 4 members (excludes halogenated alkanes) is 5. The molecule has 2 unspecified atom stereocenters. The second-order valence-electron chi connectivity index (χ2n) is 5.42. The predicted molar refractivity (Wildman–Crippen MR) is 76.6 cm³/mol. The van der Waals surface area contributed by atoms with E-state index in [1.807, 2.05) is 0 Å². The third kappa shape index (κ3) is 10.6. The zero-order valence-electron chi connectivity index (χ0n) is 12.2. The minimum atomic E-state index is -0.781. The summed E-state index contributed by atoms with van der Waals surface area (Å²) in [5.41, 5.74) is 5.84. The van der Waals surface area contributed by atoms with Crippen molar-refractivity contribution in [1.82, 2.24) is 0 Å². The first kappa shape index (κ1) is 17.4. The Hall–Kier alpha value is -0.570. The van der Waals surface area contributed by atoms with Crippen molar-refractivity contribution in [2.45, 2.75) is 84.1 Å². The summed E-state index contributed by atoms with van der Waals surface area (Å²) in [7, 11) is 0. The number of hydrogen-bond donors (Lipinski definition) is 2. The molecule has 0 aliphatic carbocycles. The van der Waals surface area contributed by atoms with E-state index >= 15 is 0 Å². The fourth-order valence-electron chi connectivity index (χ4n) is 2.44. The summed E-state index contributed by atoms with van der Waals surface area (Å²) in [6.45, 7) is 4.41. The van der Waals surface area contributed by atoms with Crippen LogP contribution in [0.5, 0.6) is 0 Å². The van der Waals surface area contributed by atoms with Crippen molar-refractivity contribution >= 4 is 5.97 Å². The molecular weight excluding hydrogens is 226 g/mol. The quantitative estimate of drug-likeness (QED) is 0.520. The zero-order chi connectivity index (χ0) is 13.8. The van der Waals surface area contributed by atoms with E-state index in [0.29, 0.717) is 5.92 Å². The van der Waals surface area contributed by atoms with E-state index in [2.05, 4.69) is 13.8 Å². The monoisotopic (exact) mass is 257 g/mol. The number of aliphatic carboxylic acids is 1. The Bertz CT molecular complexity index is 207. The van der Waals surface area contributed by atoms with Crippen LogP contribution < -0.4 is 5.73 Å². The molecule has 2 atom stereocenters. The number of rotatable bonds is 12. The van der Waals surface area contributed by atoms with Gasteiger partial charge in [0.05, 0.1) is 6.42 Å². The second kappa shape index (κ2) is 11.5. The normalized spacial score (nSPS) is 14.4. The van der Waals surface area contributed by atoms with E-state index in [-0.39, 0.29) is 12.5 Å². The lowest BCUT2D eigenvalue weighted by molar-refractivity contribution is -0.137. The minimum absolute atomic E-state index is 0.104. The lowest BCUT2D eigenvalue weighted by Crippen LogP contribution is -2.26. The first-order valence-corrected chi connectivity index (χ1v) is 7.57. The molecule has 0 amide bonds. The molecule has 0 aromatic rings. The Labute approximate surface area is 112 Å². The third-order valence-corrected chi connectivity index (χ3v) is 3.62. The number of carbonyl (C=O) groups is 1. The molecule has 3 nitrogen and oxygen atoms in total. The number of nitrogens with two attached hydrogens (primary N) is 1. The summed E-state index contributed by atoms with van der Waals surface area (Å²) < 4.78 is 0. The molecule has 3 heteroatoms. The van der Waals surface area contributed by atoms with E-state index in [1.165, 1.54) is 44.9 Å². The van der Waals surface area contributed by atoms with Crippen LogP contribution in [0.1, 0.15) is 78.1 Å². The molecule has 0 heterocycles. The maximum absolute atomic E-state index is 10.6. The molecule has 0 aromatic carbocycles. The molecule has 18 heavy (non-hydrogen) atoms. The molecule has 0 aromatic heterocycles. The fraction of sp³-hybridized carbons (Fsp3) is 0.933. The van der Waals surface area contributed by atoms with Gasteiger partial charge in [-0.1, -0.05) is 65.2 Å². The molecular formula is C15H31NO2. The van der Waals surface area contributed by atoms with Crippen molar-refractivity contribution in [1.29, 1.82) is 0 Å². The second-order valence-corrected chi connectivity index (χ2v) is 5.42. The summed E-state index contributed by atoms with van der Waals surface area (Å²) in [5.74, 6) is -0.178. The summed E-state index contributed by atoms with van der Waals surface area (Å²) in [4.78, 5) is 10.6. The maximum Gasteiger partial charge on any atom is 0.304 e. The van der Waals surface area contributed by atoms with Gasteiger partial charge < -0.3 is 10.8 Å². The average Bonchev–Trinajstić information content (AvgIpc) is 2.31. The maximum atomic E-state index is 10.6. The first-order valence-electron chi connectivity index (χ1n) is 7.57. The highest BCUT2D eigenvalue weighted by atomic mass is 16.4. The van der Waals surface area contributed by atoms with Crippen LogP contribution in [0.2, 0.25) is 0 Å². The van der Waals surface area contributed by atoms with Crippen molar-refractivity contribution in [2.75, 3.05) is 0 Å². The van der Waals surface area contributed by atoms with Crippen molar-refractivity contribution in [2.24, 2.45) is 11.7 Å². The van der Waals surface area contributed by atoms with Crippen LogP contribution in [0.4, 0.5) is 0 Å². The van der Waals surface area contributed by atoms with Gasteiger partial charge in [0.2, 0.25) is 0 Å². The number of carboxylic acid groups (broad SMARTS) is 1. The molecule has 0 fully saturated rings. The summed E-state index contributed by atoms with van der Waals surface area (Å²) >= 11 is 0. The molecule has 0 rings (SSSR count). The standard InChI is InChI=1S/C15H31NO2/c1-3-5-6-7-8-9-10-13(4-2)11-14(16)12-15(17)18/h13-14H,3-12,16H2,1-2H3,(H,17,18). The lowest BCUT2D eigenvalue weighted by Gasteiger charge is -2.18. The van der Waals surface area contributed by atoms with Gasteiger partial charge in [0.15, 0.2) is 0 Å². The average molecular weight is 257 g/mol. The predicted octanol–water partition coefficient (Wildman–Crippen LogP) is 3.96. The Morgan fingerprint density at radius 1 is 1.11 bits per heavy atom. The van der Waals surface area contributed by atoms with Crippen LogP contribution in [0.25, 0.3) is 0 Å². The van der Waals surface area contributed by atoms with Crippen LogP contribution in [0.15, 0.2) is 0 Å². The van der Waals surface area contributed by atoms with Crippen molar-refractivity contribution in [3.05, 3.63) is 0 Å². The highest BCUT2D eigenvalue weighted by molar-refractivity contribution is 5.67. The summed E-state index contributed by atoms with van der Waals surface area (Å²) in [6.07, 6.45) is 11.2. The van der Waals surface area contributed by atoms with Gasteiger partial charge in [0.1, 0.15) is 0 Å². The minimum Gasteiger partial charge on any atom is -0.481 e. The van der Waals surface area contributed by atoms with Crippen LogP contribution in [0, 0.1) is 5.92 Å². The SMILES string of the molecule is CCCCCCCCC(CC)CC(N)CC(=O)O. The van der Waals surface area contributed by atoms with Crippen molar-refractivity contribution in [3.63, 3.8) is 0 Å². The van der Waals surface area contributed by atoms with Crippen LogP contribution in [-0.4, -0.2) is 17.1 Å². The van der Waals surface area contributed by atoms with Crippen molar-refractivity contribution in [3.8, 4) is 0 Å². The van der Waals surface area contributed by atoms with Crippen LogP contribution in [-0.2, 0) is 4.79 Å². The molecule has 0 saturated carbocycles. The van der Waals surface area contributed by atoms with Gasteiger partial charge in [-0.2, -0.15) is 0 Å². The first-order chi connectivity index (χ1) is 8.60. The van der Waals surface area contributed by atoms with Crippen molar-refractivity contribution < 1.29 is 9.90 Å². The summed E-state index contributed by atoms with van der Waals surface area (Å²) in [6, 6.07) is -0.174. The fourth-order valence-corrected chi connectivity index (χ4v) is 2.44. The van der Waals surface area contributed by atoms with E-state index in [4.69, 9.17) is 10.8 Å². The highest BCUT2D eigenvalue weighted by Gasteiger charge is 2.14. The largest absolute Gasteiger partial charge is 0.481 e. The van der Waals surface area contributed by atoms with E-state index in [0.717, 1.165) is 12.8 Å². The Balaban J connectivity index is 3.60. The molecule has 0 aliphatic rings. The smallest absolute Gasteiger partial charge is 0.304 e. The lowest BCUT2D eigenvalue weighted by atomic mass is 9.91. The number of hydrogen-bond acceptors (Lipinski definition) is 2. The molecule has 0 radical (unpaired) electrons. The molecule has 3 N–H and O–H groups in total. The topological polar surface area (TPSA) is 63.3 Å². The molecule has 0 bridgehead atoms. The van der Waals surface area contributed by atoms with Crippen LogP contribution in [0.3, 0.4) is 0 Å². The molecule has 0 spiro atoms. The van der Waals surface area contributed by atoms with Gasteiger partial charge in [0.25, 0.3) is 0 Å². The van der Waals surface area contributed by atoms with E-state index < -0.39 is 5.97 Å². The Kier molecular flexibility index (Phi) is 11.2. The van der Waals surface area contributed by atoms with Gasteiger partial charge in [-0.25, -0.2) is 0 Å². The van der Waals surface area contributed by atoms with E-state index in [1.54, 1.807) is 0 Å². The number of carboxylic acids is 1. The molecule has 108 valence electrons. The highest BCUT2D eigenvalue weighted by Crippen LogP contribution is 2.20. The van der Waals surface area contributed by atoms with Gasteiger partial charge in [-0.15, -0.1) is 0 Å². The Morgan fingerprint density at radius 2 is 1.72 bits per heavy atom. The third-order valence-electron chi connectivity index (χ3n) is 3.62. The molecule has 0 aliphatic heterocycles. The van der Waals surface area contributed by atoms with Gasteiger partial charge in [-0.3, -0.25) is 4.79 Å². The Morgan fingerprint density at radius 3 is 2.28 bits per heavy atom. The van der Waals surface area contributed by atoms with Gasteiger partial charge in [0, 0.05) is 6.04 Å². The van der Waals surface area contributed by atoms with E-state index in [9.17, 15) is 4.79 Å². The van der Waals surface area contributed by atoms with Gasteiger partial charge >= 0.3 is 5.97 Å². The molecule has 0 saturated heterocycles. The summed E-state index contributed by atoms with van der Waals surface area (Å²) in [5, 5.41) is 8.69. The zero-order valence-corrected chi connectivity index (χ0v) is 12.2.